The number of hydrazone groups is 1. The molecule has 0 aliphatic heterocycles. The van der Waals surface area contributed by atoms with Crippen molar-refractivity contribution < 1.29 is 9.53 Å². The van der Waals surface area contributed by atoms with Crippen molar-refractivity contribution in [3.8, 4) is 0 Å². The van der Waals surface area contributed by atoms with Gasteiger partial charge in [-0.1, -0.05) is 29.8 Å². The normalized spacial score (nSPS) is 12.0. The number of H-pyrrole nitrogens is 1. The van der Waals surface area contributed by atoms with Gasteiger partial charge in [0.25, 0.3) is 0 Å². The van der Waals surface area contributed by atoms with Gasteiger partial charge >= 0.3 is 6.09 Å². The fraction of sp³-hybridized carbons (Fsp3) is 0.286. The second-order valence-electron chi connectivity index (χ2n) is 5.27. The van der Waals surface area contributed by atoms with E-state index in [-0.39, 0.29) is 0 Å². The van der Waals surface area contributed by atoms with Crippen LogP contribution < -0.4 is 5.43 Å². The van der Waals surface area contributed by atoms with Crippen LogP contribution in [0.15, 0.2) is 29.4 Å². The topological polar surface area (TPSA) is 66.5 Å². The number of para-hydroxylation sites is 1. The summed E-state index contributed by atoms with van der Waals surface area (Å²) in [6.45, 7) is 5.35. The Morgan fingerprint density at radius 1 is 1.40 bits per heavy atom. The van der Waals surface area contributed by atoms with Gasteiger partial charge in [0.1, 0.15) is 10.8 Å². The van der Waals surface area contributed by atoms with E-state index < -0.39 is 11.7 Å². The summed E-state index contributed by atoms with van der Waals surface area (Å²) < 4.78 is 5.07. The average molecular weight is 294 g/mol. The number of rotatable bonds is 2. The number of hydrogen-bond acceptors (Lipinski definition) is 3. The van der Waals surface area contributed by atoms with Crippen LogP contribution in [0.3, 0.4) is 0 Å². The van der Waals surface area contributed by atoms with E-state index in [9.17, 15) is 4.79 Å². The molecule has 1 aromatic heterocycles. The highest BCUT2D eigenvalue weighted by Crippen LogP contribution is 2.24. The van der Waals surface area contributed by atoms with Crippen molar-refractivity contribution in [2.45, 2.75) is 26.4 Å². The highest BCUT2D eigenvalue weighted by Gasteiger charge is 2.15. The maximum Gasteiger partial charge on any atom is 0.428 e. The predicted molar refractivity (Wildman–Crippen MR) is 80.3 cm³/mol. The highest BCUT2D eigenvalue weighted by molar-refractivity contribution is 6.34. The number of hydrogen-bond donors (Lipinski definition) is 2. The van der Waals surface area contributed by atoms with E-state index in [0.29, 0.717) is 5.15 Å². The number of carbonyl (C=O) groups excluding carboxylic acids is 1. The van der Waals surface area contributed by atoms with Gasteiger partial charge in [-0.3, -0.25) is 0 Å². The van der Waals surface area contributed by atoms with Crippen LogP contribution in [0.5, 0.6) is 0 Å². The molecule has 0 unspecified atom stereocenters. The third kappa shape index (κ3) is 3.51. The Labute approximate surface area is 122 Å². The first-order chi connectivity index (χ1) is 9.37. The van der Waals surface area contributed by atoms with Gasteiger partial charge in [0, 0.05) is 16.5 Å². The number of nitrogens with zero attached hydrogens (tertiary/aromatic N) is 1. The molecule has 2 rings (SSSR count). The number of amides is 1. The molecular weight excluding hydrogens is 278 g/mol. The van der Waals surface area contributed by atoms with Gasteiger partial charge in [0.2, 0.25) is 0 Å². The molecule has 5 nitrogen and oxygen atoms in total. The zero-order valence-electron chi connectivity index (χ0n) is 11.5. The summed E-state index contributed by atoms with van der Waals surface area (Å²) in [6.07, 6.45) is 0.884. The molecule has 6 heteroatoms. The van der Waals surface area contributed by atoms with Crippen LogP contribution in [0.1, 0.15) is 26.3 Å². The molecule has 1 heterocycles. The number of nitrogens with one attached hydrogen (secondary N) is 2. The van der Waals surface area contributed by atoms with E-state index in [1.165, 1.54) is 6.21 Å². The number of ether oxygens (including phenoxy) is 1. The van der Waals surface area contributed by atoms with Crippen molar-refractivity contribution in [1.82, 2.24) is 10.4 Å². The summed E-state index contributed by atoms with van der Waals surface area (Å²) in [6, 6.07) is 7.66. The molecule has 106 valence electrons. The summed E-state index contributed by atoms with van der Waals surface area (Å²) in [7, 11) is 0. The van der Waals surface area contributed by atoms with Gasteiger partial charge in [0.05, 0.1) is 6.21 Å². The van der Waals surface area contributed by atoms with Crippen LogP contribution in [0.2, 0.25) is 5.15 Å². The van der Waals surface area contributed by atoms with E-state index in [0.717, 1.165) is 16.5 Å². The number of benzene rings is 1. The third-order valence-electron chi connectivity index (χ3n) is 2.45. The fourth-order valence-electron chi connectivity index (χ4n) is 1.71. The molecule has 20 heavy (non-hydrogen) atoms. The lowest BCUT2D eigenvalue weighted by molar-refractivity contribution is 0.0529. The Kier molecular flexibility index (Phi) is 3.99. The van der Waals surface area contributed by atoms with Gasteiger partial charge in [0.15, 0.2) is 0 Å². The van der Waals surface area contributed by atoms with Crippen molar-refractivity contribution in [3.05, 3.63) is 35.0 Å². The lowest BCUT2D eigenvalue weighted by Gasteiger charge is -2.18. The van der Waals surface area contributed by atoms with Gasteiger partial charge in [-0.15, -0.1) is 0 Å². The van der Waals surface area contributed by atoms with Gasteiger partial charge in [-0.25, -0.2) is 10.2 Å². The SMILES string of the molecule is CC(C)(C)OC(=O)NN=Cc1c(Cl)[nH]c2ccccc12. The van der Waals surface area contributed by atoms with E-state index in [1.807, 2.05) is 24.3 Å². The molecule has 0 saturated heterocycles. The second-order valence-corrected chi connectivity index (χ2v) is 5.65. The maximum absolute atomic E-state index is 11.4. The largest absolute Gasteiger partial charge is 0.443 e. The van der Waals surface area contributed by atoms with Crippen molar-refractivity contribution in [2.24, 2.45) is 5.10 Å². The summed E-state index contributed by atoms with van der Waals surface area (Å²) in [4.78, 5) is 14.5. The average Bonchev–Trinajstić information content (AvgIpc) is 2.64. The first-order valence-corrected chi connectivity index (χ1v) is 6.53. The lowest BCUT2D eigenvalue weighted by atomic mass is 10.2. The molecule has 0 saturated carbocycles. The Bertz CT molecular complexity index is 656. The Hall–Kier alpha value is -2.01. The quantitative estimate of drug-likeness (QED) is 0.655. The first-order valence-electron chi connectivity index (χ1n) is 6.15. The molecule has 0 spiro atoms. The van der Waals surface area contributed by atoms with Crippen LogP contribution >= 0.6 is 11.6 Å². The molecule has 1 amide bonds. The van der Waals surface area contributed by atoms with Crippen LogP contribution in [0.25, 0.3) is 10.9 Å². The molecule has 0 fully saturated rings. The minimum atomic E-state index is -0.607. The Morgan fingerprint density at radius 2 is 2.10 bits per heavy atom. The smallest absolute Gasteiger partial charge is 0.428 e. The van der Waals surface area contributed by atoms with E-state index in [4.69, 9.17) is 16.3 Å². The zero-order chi connectivity index (χ0) is 14.8. The van der Waals surface area contributed by atoms with Crippen molar-refractivity contribution in [3.63, 3.8) is 0 Å². The number of halogens is 1. The maximum atomic E-state index is 11.4. The Morgan fingerprint density at radius 3 is 2.80 bits per heavy atom. The number of aromatic nitrogens is 1. The minimum Gasteiger partial charge on any atom is -0.443 e. The van der Waals surface area contributed by atoms with E-state index >= 15 is 0 Å². The summed E-state index contributed by atoms with van der Waals surface area (Å²) in [5, 5.41) is 5.27. The number of carbonyl (C=O) groups is 1. The molecule has 0 atom stereocenters. The zero-order valence-corrected chi connectivity index (χ0v) is 12.3. The van der Waals surface area contributed by atoms with Crippen LogP contribution in [-0.4, -0.2) is 22.9 Å². The molecule has 2 N–H and O–H groups in total. The molecule has 0 aliphatic carbocycles. The number of fused-ring (bicyclic) bond motifs is 1. The van der Waals surface area contributed by atoms with Crippen LogP contribution in [0.4, 0.5) is 4.79 Å². The molecule has 1 aromatic carbocycles. The van der Waals surface area contributed by atoms with Crippen molar-refractivity contribution in [2.75, 3.05) is 0 Å². The summed E-state index contributed by atoms with van der Waals surface area (Å²) >= 11 is 6.10. The summed E-state index contributed by atoms with van der Waals surface area (Å²) in [5.74, 6) is 0. The fourth-order valence-corrected chi connectivity index (χ4v) is 1.96. The lowest BCUT2D eigenvalue weighted by Crippen LogP contribution is -2.29. The van der Waals surface area contributed by atoms with Crippen LogP contribution in [0, 0.1) is 0 Å². The van der Waals surface area contributed by atoms with Gasteiger partial charge in [-0.2, -0.15) is 5.10 Å². The highest BCUT2D eigenvalue weighted by atomic mass is 35.5. The van der Waals surface area contributed by atoms with Crippen molar-refractivity contribution >= 4 is 34.8 Å². The second kappa shape index (κ2) is 5.54. The molecular formula is C14H16ClN3O2. The molecule has 0 bridgehead atoms. The van der Waals surface area contributed by atoms with Gasteiger partial charge < -0.3 is 9.72 Å². The molecule has 0 radical (unpaired) electrons. The first kappa shape index (κ1) is 14.4. The Balaban J connectivity index is 2.11. The van der Waals surface area contributed by atoms with E-state index in [2.05, 4.69) is 15.5 Å². The molecule has 0 aliphatic rings. The third-order valence-corrected chi connectivity index (χ3v) is 2.74. The number of aromatic amines is 1. The van der Waals surface area contributed by atoms with E-state index in [1.54, 1.807) is 20.8 Å². The monoisotopic (exact) mass is 293 g/mol. The minimum absolute atomic E-state index is 0.473. The van der Waals surface area contributed by atoms with Crippen LogP contribution in [-0.2, 0) is 4.74 Å². The van der Waals surface area contributed by atoms with Gasteiger partial charge in [-0.05, 0) is 26.8 Å². The standard InChI is InChI=1S/C14H16ClN3O2/c1-14(2,3)20-13(19)18-16-8-10-9-6-4-5-7-11(9)17-12(10)15/h4-8,17H,1-3H3,(H,18,19). The molecule has 2 aromatic rings. The predicted octanol–water partition coefficient (Wildman–Crippen LogP) is 3.68. The van der Waals surface area contributed by atoms with Crippen molar-refractivity contribution in [1.29, 1.82) is 0 Å². The summed E-state index contributed by atoms with van der Waals surface area (Å²) in [5.41, 5.74) is 3.38.